The Kier molecular flexibility index (Phi) is 3.73. The van der Waals surface area contributed by atoms with E-state index in [1.165, 1.54) is 5.57 Å². The fourth-order valence-electron chi connectivity index (χ4n) is 1.02. The van der Waals surface area contributed by atoms with E-state index in [1.54, 1.807) is 0 Å². The Morgan fingerprint density at radius 3 is 1.75 bits per heavy atom. The second kappa shape index (κ2) is 3.75. The van der Waals surface area contributed by atoms with E-state index < -0.39 is 8.07 Å². The summed E-state index contributed by atoms with van der Waals surface area (Å²) in [6.45, 7) is 13.5. The lowest BCUT2D eigenvalue weighted by molar-refractivity contribution is 0.296. The van der Waals surface area contributed by atoms with Gasteiger partial charge in [0.25, 0.3) is 0 Å². The van der Waals surface area contributed by atoms with Gasteiger partial charge < -0.3 is 5.11 Å². The third-order valence-corrected chi connectivity index (χ3v) is 2.96. The van der Waals surface area contributed by atoms with Crippen LogP contribution in [-0.4, -0.2) is 19.8 Å². The van der Waals surface area contributed by atoms with E-state index in [9.17, 15) is 5.11 Å². The molecule has 0 saturated carbocycles. The molecule has 0 aromatic heterocycles. The highest BCUT2D eigenvalue weighted by Gasteiger charge is 2.19. The highest BCUT2D eigenvalue weighted by molar-refractivity contribution is 6.81. The van der Waals surface area contributed by atoms with Crippen LogP contribution < -0.4 is 0 Å². The van der Waals surface area contributed by atoms with E-state index in [4.69, 9.17) is 0 Å². The van der Waals surface area contributed by atoms with Gasteiger partial charge in [-0.05, 0) is 11.0 Å². The minimum atomic E-state index is -1.17. The third-order valence-electron chi connectivity index (χ3n) is 1.74. The van der Waals surface area contributed by atoms with Crippen molar-refractivity contribution < 1.29 is 5.11 Å². The Morgan fingerprint density at radius 1 is 1.25 bits per heavy atom. The van der Waals surface area contributed by atoms with Gasteiger partial charge in [0.2, 0.25) is 0 Å². The molecule has 0 radical (unpaired) electrons. The zero-order chi connectivity index (χ0) is 9.99. The van der Waals surface area contributed by atoms with Gasteiger partial charge in [-0.1, -0.05) is 46.1 Å². The van der Waals surface area contributed by atoms with Crippen LogP contribution in [0.4, 0.5) is 0 Å². The van der Waals surface area contributed by atoms with E-state index in [0.717, 1.165) is 0 Å². The van der Waals surface area contributed by atoms with Gasteiger partial charge in [0.15, 0.2) is 0 Å². The first-order valence-electron chi connectivity index (χ1n) is 4.50. The van der Waals surface area contributed by atoms with Gasteiger partial charge in [-0.2, -0.15) is 0 Å². The molecule has 0 bridgehead atoms. The van der Waals surface area contributed by atoms with Crippen LogP contribution in [0, 0.1) is 5.41 Å². The van der Waals surface area contributed by atoms with Crippen LogP contribution >= 0.6 is 0 Å². The smallest absolute Gasteiger partial charge is 0.0687 e. The lowest BCUT2D eigenvalue weighted by atomic mass is 9.88. The average molecular weight is 186 g/mol. The summed E-state index contributed by atoms with van der Waals surface area (Å²) in [5.41, 5.74) is 3.60. The zero-order valence-corrected chi connectivity index (χ0v) is 10.2. The molecule has 0 heterocycles. The molecule has 1 N–H and O–H groups in total. The van der Waals surface area contributed by atoms with Crippen LogP contribution in [0.2, 0.25) is 19.6 Å². The van der Waals surface area contributed by atoms with E-state index >= 15 is 0 Å². The summed E-state index contributed by atoms with van der Waals surface area (Å²) in [5, 5.41) is 9.18. The van der Waals surface area contributed by atoms with Crippen molar-refractivity contribution in [3.63, 3.8) is 0 Å². The number of aliphatic hydroxyl groups is 1. The molecule has 0 aliphatic heterocycles. The molecule has 72 valence electrons. The van der Waals surface area contributed by atoms with Crippen molar-refractivity contribution in [2.24, 2.45) is 5.41 Å². The predicted molar refractivity (Wildman–Crippen MR) is 58.0 cm³/mol. The highest BCUT2D eigenvalue weighted by Crippen LogP contribution is 2.26. The summed E-state index contributed by atoms with van der Waals surface area (Å²) in [6.07, 6.45) is 0. The lowest BCUT2D eigenvalue weighted by Gasteiger charge is -2.24. The topological polar surface area (TPSA) is 20.2 Å². The lowest BCUT2D eigenvalue weighted by Crippen LogP contribution is -2.22. The number of aliphatic hydroxyl groups excluding tert-OH is 1. The minimum Gasteiger partial charge on any atom is -0.392 e. The quantitative estimate of drug-likeness (QED) is 0.658. The first-order chi connectivity index (χ1) is 5.17. The maximum atomic E-state index is 9.18. The molecule has 0 saturated heterocycles. The Hall–Kier alpha value is -0.0831. The average Bonchev–Trinajstić information content (AvgIpc) is 1.78. The van der Waals surface area contributed by atoms with Gasteiger partial charge in [-0.15, -0.1) is 0 Å². The Morgan fingerprint density at radius 2 is 1.67 bits per heavy atom. The molecule has 0 unspecified atom stereocenters. The maximum absolute atomic E-state index is 9.18. The minimum absolute atomic E-state index is 0.120. The summed E-state index contributed by atoms with van der Waals surface area (Å²) >= 11 is 0. The van der Waals surface area contributed by atoms with E-state index in [-0.39, 0.29) is 12.0 Å². The van der Waals surface area contributed by atoms with Gasteiger partial charge in [-0.3, -0.25) is 0 Å². The first-order valence-corrected chi connectivity index (χ1v) is 8.07. The predicted octanol–water partition coefficient (Wildman–Crippen LogP) is 2.83. The molecular formula is C10H22OSi. The molecule has 0 amide bonds. The Labute approximate surface area is 77.5 Å². The van der Waals surface area contributed by atoms with Crippen LogP contribution in [0.25, 0.3) is 0 Å². The van der Waals surface area contributed by atoms with Crippen molar-refractivity contribution in [1.29, 1.82) is 0 Å². The summed E-state index contributed by atoms with van der Waals surface area (Å²) in [6, 6.07) is 0. The number of hydrogen-bond donors (Lipinski definition) is 1. The highest BCUT2D eigenvalue weighted by atomic mass is 28.3. The molecule has 0 fully saturated rings. The second-order valence-corrected chi connectivity index (χ2v) is 10.5. The third kappa shape index (κ3) is 4.73. The molecule has 0 aromatic rings. The Balaban J connectivity index is 4.68. The SMILES string of the molecule is CC(C)(C)/C(=C/[Si](C)(C)C)CO. The second-order valence-electron chi connectivity index (χ2n) is 5.44. The van der Waals surface area contributed by atoms with Crippen molar-refractivity contribution in [2.45, 2.75) is 40.4 Å². The molecule has 1 nitrogen and oxygen atoms in total. The van der Waals surface area contributed by atoms with Gasteiger partial charge in [0.05, 0.1) is 14.7 Å². The fourth-order valence-corrected chi connectivity index (χ4v) is 2.59. The first kappa shape index (κ1) is 11.9. The molecule has 0 atom stereocenters. The van der Waals surface area contributed by atoms with Crippen LogP contribution in [0.5, 0.6) is 0 Å². The van der Waals surface area contributed by atoms with Crippen molar-refractivity contribution in [3.05, 3.63) is 11.3 Å². The molecule has 2 heteroatoms. The molecule has 0 rings (SSSR count). The molecule has 0 aliphatic rings. The van der Waals surface area contributed by atoms with E-state index in [0.29, 0.717) is 0 Å². The Bertz CT molecular complexity index is 169. The molecule has 0 aromatic carbocycles. The summed E-state index contributed by atoms with van der Waals surface area (Å²) in [4.78, 5) is 0. The van der Waals surface area contributed by atoms with Crippen LogP contribution in [0.1, 0.15) is 20.8 Å². The van der Waals surface area contributed by atoms with E-state index in [2.05, 4.69) is 46.1 Å². The van der Waals surface area contributed by atoms with Crippen LogP contribution in [0.3, 0.4) is 0 Å². The van der Waals surface area contributed by atoms with Gasteiger partial charge in [0, 0.05) is 0 Å². The maximum Gasteiger partial charge on any atom is 0.0687 e. The van der Waals surface area contributed by atoms with Crippen molar-refractivity contribution in [2.75, 3.05) is 6.61 Å². The number of hydrogen-bond acceptors (Lipinski definition) is 1. The zero-order valence-electron chi connectivity index (χ0n) is 9.23. The van der Waals surface area contributed by atoms with Gasteiger partial charge >= 0.3 is 0 Å². The monoisotopic (exact) mass is 186 g/mol. The van der Waals surface area contributed by atoms with Crippen LogP contribution in [-0.2, 0) is 0 Å². The van der Waals surface area contributed by atoms with Crippen molar-refractivity contribution in [3.8, 4) is 0 Å². The standard InChI is InChI=1S/C10H22OSi/c1-10(2,3)9(7-11)8-12(4,5)6/h8,11H,7H2,1-6H3/b9-8+. The molecule has 0 aliphatic carbocycles. The molecular weight excluding hydrogens is 164 g/mol. The normalized spacial score (nSPS) is 15.1. The van der Waals surface area contributed by atoms with Gasteiger partial charge in [-0.25, -0.2) is 0 Å². The van der Waals surface area contributed by atoms with Crippen molar-refractivity contribution >= 4 is 8.07 Å². The van der Waals surface area contributed by atoms with Crippen LogP contribution in [0.15, 0.2) is 11.3 Å². The largest absolute Gasteiger partial charge is 0.392 e. The molecule has 12 heavy (non-hydrogen) atoms. The molecule has 0 spiro atoms. The summed E-state index contributed by atoms with van der Waals surface area (Å²) in [5.74, 6) is 0. The fraction of sp³-hybridized carbons (Fsp3) is 0.800. The van der Waals surface area contributed by atoms with Crippen molar-refractivity contribution in [1.82, 2.24) is 0 Å². The number of rotatable bonds is 2. The summed E-state index contributed by atoms with van der Waals surface area (Å²) in [7, 11) is -1.17. The van der Waals surface area contributed by atoms with Gasteiger partial charge in [0.1, 0.15) is 0 Å². The summed E-state index contributed by atoms with van der Waals surface area (Å²) < 4.78 is 0. The van der Waals surface area contributed by atoms with E-state index in [1.807, 2.05) is 0 Å².